The molecule has 7 heteroatoms. The van der Waals surface area contributed by atoms with Gasteiger partial charge in [-0.1, -0.05) is 0 Å². The molecule has 0 aliphatic carbocycles. The van der Waals surface area contributed by atoms with Crippen LogP contribution in [0.2, 0.25) is 0 Å². The topological polar surface area (TPSA) is 88.2 Å². The monoisotopic (exact) mass is 356 g/mol. The van der Waals surface area contributed by atoms with Gasteiger partial charge in [-0.15, -0.1) is 0 Å². The maximum atomic E-state index is 12.5. The standard InChI is InChI=1S/C19H24N4O3/c1-13-17(14(2)22-19(25)21-13)5-6-18(24)23-10-7-15(8-11-23)26-16-4-3-9-20-12-16/h3-4,9,12,15H,5-8,10-11H2,1-2H3,(H,21,22,25). The summed E-state index contributed by atoms with van der Waals surface area (Å²) in [6.45, 7) is 5.05. The predicted molar refractivity (Wildman–Crippen MR) is 97.1 cm³/mol. The first-order chi connectivity index (χ1) is 12.5. The molecule has 1 amide bonds. The van der Waals surface area contributed by atoms with E-state index in [9.17, 15) is 9.59 Å². The molecule has 2 aromatic heterocycles. The van der Waals surface area contributed by atoms with Gasteiger partial charge in [-0.3, -0.25) is 9.78 Å². The quantitative estimate of drug-likeness (QED) is 0.882. The van der Waals surface area contributed by atoms with Gasteiger partial charge in [0.05, 0.1) is 6.20 Å². The summed E-state index contributed by atoms with van der Waals surface area (Å²) in [4.78, 5) is 36.4. The average Bonchev–Trinajstić information content (AvgIpc) is 2.62. The van der Waals surface area contributed by atoms with Crippen LogP contribution in [0.15, 0.2) is 29.3 Å². The highest BCUT2D eigenvalue weighted by Crippen LogP contribution is 2.19. The minimum Gasteiger partial charge on any atom is -0.489 e. The molecule has 0 aromatic carbocycles. The number of amides is 1. The van der Waals surface area contributed by atoms with E-state index in [0.29, 0.717) is 31.6 Å². The number of H-pyrrole nitrogens is 1. The van der Waals surface area contributed by atoms with E-state index >= 15 is 0 Å². The van der Waals surface area contributed by atoms with Crippen molar-refractivity contribution in [3.63, 3.8) is 0 Å². The van der Waals surface area contributed by atoms with Crippen molar-refractivity contribution in [3.8, 4) is 5.75 Å². The van der Waals surface area contributed by atoms with Gasteiger partial charge in [-0.25, -0.2) is 4.79 Å². The van der Waals surface area contributed by atoms with Crippen LogP contribution >= 0.6 is 0 Å². The number of likely N-dealkylation sites (tertiary alicyclic amines) is 1. The largest absolute Gasteiger partial charge is 0.489 e. The van der Waals surface area contributed by atoms with Gasteiger partial charge in [0.15, 0.2) is 0 Å². The molecule has 0 atom stereocenters. The fourth-order valence-corrected chi connectivity index (χ4v) is 3.35. The second-order valence-corrected chi connectivity index (χ2v) is 6.62. The van der Waals surface area contributed by atoms with Crippen LogP contribution in [0.5, 0.6) is 5.75 Å². The molecule has 3 rings (SSSR count). The summed E-state index contributed by atoms with van der Waals surface area (Å²) in [5.74, 6) is 0.906. The number of carbonyl (C=O) groups excluding carboxylic acids is 1. The Morgan fingerprint density at radius 2 is 2.12 bits per heavy atom. The van der Waals surface area contributed by atoms with Crippen LogP contribution in [0.1, 0.15) is 36.2 Å². The number of pyridine rings is 1. The molecule has 1 saturated heterocycles. The first-order valence-corrected chi connectivity index (χ1v) is 8.94. The maximum Gasteiger partial charge on any atom is 0.345 e. The van der Waals surface area contributed by atoms with E-state index in [-0.39, 0.29) is 17.7 Å². The summed E-state index contributed by atoms with van der Waals surface area (Å²) < 4.78 is 5.91. The zero-order valence-electron chi connectivity index (χ0n) is 15.2. The number of hydrogen-bond acceptors (Lipinski definition) is 5. The molecule has 0 saturated carbocycles. The molecule has 1 aliphatic rings. The smallest absolute Gasteiger partial charge is 0.345 e. The average molecular weight is 356 g/mol. The van der Waals surface area contributed by atoms with Gasteiger partial charge in [0, 0.05) is 49.9 Å². The molecular weight excluding hydrogens is 332 g/mol. The number of hydrogen-bond donors (Lipinski definition) is 1. The third-order valence-corrected chi connectivity index (χ3v) is 4.77. The number of nitrogens with zero attached hydrogens (tertiary/aromatic N) is 3. The number of piperidine rings is 1. The Morgan fingerprint density at radius 1 is 1.35 bits per heavy atom. The highest BCUT2D eigenvalue weighted by Gasteiger charge is 2.24. The van der Waals surface area contributed by atoms with Crippen molar-refractivity contribution in [2.24, 2.45) is 0 Å². The third kappa shape index (κ3) is 4.47. The summed E-state index contributed by atoms with van der Waals surface area (Å²) in [6.07, 6.45) is 6.19. The number of nitrogens with one attached hydrogen (secondary N) is 1. The van der Waals surface area contributed by atoms with E-state index in [0.717, 1.165) is 29.8 Å². The lowest BCUT2D eigenvalue weighted by Gasteiger charge is -2.32. The molecule has 1 N–H and O–H groups in total. The first kappa shape index (κ1) is 18.1. The predicted octanol–water partition coefficient (Wildman–Crippen LogP) is 1.78. The molecule has 1 aliphatic heterocycles. The van der Waals surface area contributed by atoms with Crippen molar-refractivity contribution in [3.05, 3.63) is 52.0 Å². The highest BCUT2D eigenvalue weighted by molar-refractivity contribution is 5.76. The summed E-state index contributed by atoms with van der Waals surface area (Å²) in [5, 5.41) is 0. The molecule has 1 fully saturated rings. The fourth-order valence-electron chi connectivity index (χ4n) is 3.35. The maximum absolute atomic E-state index is 12.5. The van der Waals surface area contributed by atoms with E-state index in [4.69, 9.17) is 4.74 Å². The lowest BCUT2D eigenvalue weighted by atomic mass is 10.0. The van der Waals surface area contributed by atoms with E-state index in [1.807, 2.05) is 30.9 Å². The normalized spacial score (nSPS) is 15.1. The van der Waals surface area contributed by atoms with Gasteiger partial charge in [-0.05, 0) is 38.0 Å². The molecule has 0 radical (unpaired) electrons. The van der Waals surface area contributed by atoms with E-state index < -0.39 is 0 Å². The van der Waals surface area contributed by atoms with Gasteiger partial charge < -0.3 is 14.6 Å². The second-order valence-electron chi connectivity index (χ2n) is 6.62. The molecule has 2 aromatic rings. The molecule has 0 bridgehead atoms. The SMILES string of the molecule is Cc1nc(=O)[nH]c(C)c1CCC(=O)N1CCC(Oc2cccnc2)CC1. The van der Waals surface area contributed by atoms with Crippen molar-refractivity contribution in [1.29, 1.82) is 0 Å². The minimum atomic E-state index is -0.342. The van der Waals surface area contributed by atoms with Crippen molar-refractivity contribution in [1.82, 2.24) is 19.9 Å². The summed E-state index contributed by atoms with van der Waals surface area (Å²) in [7, 11) is 0. The van der Waals surface area contributed by atoms with Crippen molar-refractivity contribution < 1.29 is 9.53 Å². The molecule has 26 heavy (non-hydrogen) atoms. The molecule has 7 nitrogen and oxygen atoms in total. The summed E-state index contributed by atoms with van der Waals surface area (Å²) in [6, 6.07) is 3.75. The Balaban J connectivity index is 1.49. The van der Waals surface area contributed by atoms with Crippen molar-refractivity contribution in [2.45, 2.75) is 45.6 Å². The van der Waals surface area contributed by atoms with Crippen LogP contribution in [-0.2, 0) is 11.2 Å². The van der Waals surface area contributed by atoms with Gasteiger partial charge in [0.2, 0.25) is 5.91 Å². The number of ether oxygens (including phenoxy) is 1. The van der Waals surface area contributed by atoms with Crippen molar-refractivity contribution >= 4 is 5.91 Å². The zero-order valence-corrected chi connectivity index (χ0v) is 15.2. The van der Waals surface area contributed by atoms with Crippen molar-refractivity contribution in [2.75, 3.05) is 13.1 Å². The van der Waals surface area contributed by atoms with E-state index in [1.54, 1.807) is 12.4 Å². The van der Waals surface area contributed by atoms with Crippen LogP contribution in [0.4, 0.5) is 0 Å². The highest BCUT2D eigenvalue weighted by atomic mass is 16.5. The molecule has 0 spiro atoms. The number of carbonyl (C=O) groups is 1. The minimum absolute atomic E-state index is 0.121. The number of aryl methyl sites for hydroxylation is 2. The fraction of sp³-hybridized carbons (Fsp3) is 0.474. The Bertz CT molecular complexity index is 785. The second kappa shape index (κ2) is 8.12. The van der Waals surface area contributed by atoms with Crippen LogP contribution in [0.3, 0.4) is 0 Å². The Morgan fingerprint density at radius 3 is 2.77 bits per heavy atom. The molecule has 0 unspecified atom stereocenters. The Labute approximate surface area is 152 Å². The lowest BCUT2D eigenvalue weighted by Crippen LogP contribution is -2.41. The lowest BCUT2D eigenvalue weighted by molar-refractivity contribution is -0.132. The number of aromatic amines is 1. The van der Waals surface area contributed by atoms with Gasteiger partial charge in [0.25, 0.3) is 0 Å². The van der Waals surface area contributed by atoms with Crippen LogP contribution in [0.25, 0.3) is 0 Å². The molecule has 3 heterocycles. The Hall–Kier alpha value is -2.70. The third-order valence-electron chi connectivity index (χ3n) is 4.77. The summed E-state index contributed by atoms with van der Waals surface area (Å²) >= 11 is 0. The Kier molecular flexibility index (Phi) is 5.65. The van der Waals surface area contributed by atoms with E-state index in [1.165, 1.54) is 0 Å². The molecular formula is C19H24N4O3. The number of aromatic nitrogens is 3. The van der Waals surface area contributed by atoms with Gasteiger partial charge >= 0.3 is 5.69 Å². The van der Waals surface area contributed by atoms with Gasteiger partial charge in [-0.2, -0.15) is 4.98 Å². The molecule has 138 valence electrons. The first-order valence-electron chi connectivity index (χ1n) is 8.94. The van der Waals surface area contributed by atoms with Crippen LogP contribution in [-0.4, -0.2) is 45.0 Å². The summed E-state index contributed by atoms with van der Waals surface area (Å²) in [5.41, 5.74) is 2.10. The van der Waals surface area contributed by atoms with Gasteiger partial charge in [0.1, 0.15) is 11.9 Å². The van der Waals surface area contributed by atoms with E-state index in [2.05, 4.69) is 15.0 Å². The van der Waals surface area contributed by atoms with Crippen LogP contribution in [0, 0.1) is 13.8 Å². The zero-order chi connectivity index (χ0) is 18.5. The van der Waals surface area contributed by atoms with Crippen LogP contribution < -0.4 is 10.4 Å². The number of rotatable bonds is 5.